The molecule has 0 spiro atoms. The summed E-state index contributed by atoms with van der Waals surface area (Å²) in [6.07, 6.45) is 2.93. The molecule has 1 heterocycles. The van der Waals surface area contributed by atoms with Crippen molar-refractivity contribution in [3.05, 3.63) is 0 Å². The average molecular weight is 256 g/mol. The van der Waals surface area contributed by atoms with Crippen LogP contribution in [0.3, 0.4) is 0 Å². The largest absolute Gasteiger partial charge is 0.480 e. The third-order valence-electron chi connectivity index (χ3n) is 3.49. The van der Waals surface area contributed by atoms with E-state index in [0.29, 0.717) is 0 Å². The van der Waals surface area contributed by atoms with Crippen LogP contribution in [0.15, 0.2) is 0 Å². The standard InChI is InChI=1S/C13H24N2O3/c1-5-9-7-6-8-15(9)12(18)14-10(11(16)17)13(2,3)4/h9-10H,5-8H2,1-4H3,(H,14,18)(H,16,17). The summed E-state index contributed by atoms with van der Waals surface area (Å²) in [4.78, 5) is 25.1. The van der Waals surface area contributed by atoms with Crippen LogP contribution in [-0.4, -0.2) is 40.6 Å². The first kappa shape index (κ1) is 14.8. The number of likely N-dealkylation sites (tertiary alicyclic amines) is 1. The van der Waals surface area contributed by atoms with E-state index in [1.807, 2.05) is 20.8 Å². The molecule has 104 valence electrons. The summed E-state index contributed by atoms with van der Waals surface area (Å²) in [6, 6.07) is -0.857. The number of carbonyl (C=O) groups is 2. The van der Waals surface area contributed by atoms with E-state index >= 15 is 0 Å². The summed E-state index contributed by atoms with van der Waals surface area (Å²) >= 11 is 0. The van der Waals surface area contributed by atoms with E-state index < -0.39 is 17.4 Å². The van der Waals surface area contributed by atoms with Crippen molar-refractivity contribution in [1.82, 2.24) is 10.2 Å². The minimum atomic E-state index is -0.983. The number of nitrogens with one attached hydrogen (secondary N) is 1. The quantitative estimate of drug-likeness (QED) is 0.812. The molecule has 0 radical (unpaired) electrons. The molecule has 0 aromatic carbocycles. The molecule has 1 rings (SSSR count). The molecule has 2 N–H and O–H groups in total. The van der Waals surface area contributed by atoms with Crippen LogP contribution in [0.5, 0.6) is 0 Å². The Hall–Kier alpha value is -1.26. The van der Waals surface area contributed by atoms with Crippen LogP contribution >= 0.6 is 0 Å². The van der Waals surface area contributed by atoms with Gasteiger partial charge in [-0.2, -0.15) is 0 Å². The van der Waals surface area contributed by atoms with Gasteiger partial charge in [-0.3, -0.25) is 0 Å². The maximum Gasteiger partial charge on any atom is 0.326 e. The first-order valence-corrected chi connectivity index (χ1v) is 6.57. The number of aliphatic carboxylic acids is 1. The highest BCUT2D eigenvalue weighted by atomic mass is 16.4. The van der Waals surface area contributed by atoms with E-state index in [2.05, 4.69) is 12.2 Å². The monoisotopic (exact) mass is 256 g/mol. The van der Waals surface area contributed by atoms with Crippen LogP contribution in [0.25, 0.3) is 0 Å². The first-order chi connectivity index (χ1) is 8.27. The van der Waals surface area contributed by atoms with Gasteiger partial charge in [-0.15, -0.1) is 0 Å². The summed E-state index contributed by atoms with van der Waals surface area (Å²) in [6.45, 7) is 8.21. The Morgan fingerprint density at radius 2 is 2.06 bits per heavy atom. The van der Waals surface area contributed by atoms with E-state index in [4.69, 9.17) is 0 Å². The number of carboxylic acid groups (broad SMARTS) is 1. The number of nitrogens with zero attached hydrogens (tertiary/aromatic N) is 1. The van der Waals surface area contributed by atoms with E-state index in [-0.39, 0.29) is 12.1 Å². The lowest BCUT2D eigenvalue weighted by atomic mass is 9.87. The zero-order valence-electron chi connectivity index (χ0n) is 11.7. The van der Waals surface area contributed by atoms with Crippen molar-refractivity contribution < 1.29 is 14.7 Å². The maximum atomic E-state index is 12.1. The molecule has 18 heavy (non-hydrogen) atoms. The van der Waals surface area contributed by atoms with Gasteiger partial charge in [-0.25, -0.2) is 9.59 Å². The molecule has 5 nitrogen and oxygen atoms in total. The lowest BCUT2D eigenvalue weighted by molar-refractivity contribution is -0.142. The van der Waals surface area contributed by atoms with Crippen LogP contribution in [0.2, 0.25) is 0 Å². The zero-order chi connectivity index (χ0) is 13.9. The van der Waals surface area contributed by atoms with Gasteiger partial charge < -0.3 is 15.3 Å². The summed E-state index contributed by atoms with van der Waals surface area (Å²) in [5, 5.41) is 11.8. The van der Waals surface area contributed by atoms with Crippen LogP contribution < -0.4 is 5.32 Å². The second-order valence-corrected chi connectivity index (χ2v) is 5.98. The third kappa shape index (κ3) is 3.37. The minimum absolute atomic E-state index is 0.248. The van der Waals surface area contributed by atoms with Gasteiger partial charge in [0.15, 0.2) is 0 Å². The Kier molecular flexibility index (Phi) is 4.59. The van der Waals surface area contributed by atoms with Gasteiger partial charge >= 0.3 is 12.0 Å². The summed E-state index contributed by atoms with van der Waals surface area (Å²) in [5.41, 5.74) is -0.497. The van der Waals surface area contributed by atoms with E-state index in [1.165, 1.54) is 0 Å². The number of urea groups is 1. The van der Waals surface area contributed by atoms with Crippen LogP contribution in [0.4, 0.5) is 4.79 Å². The molecule has 2 atom stereocenters. The third-order valence-corrected chi connectivity index (χ3v) is 3.49. The fourth-order valence-corrected chi connectivity index (χ4v) is 2.38. The summed E-state index contributed by atoms with van der Waals surface area (Å²) < 4.78 is 0. The number of rotatable bonds is 3. The molecular formula is C13H24N2O3. The van der Waals surface area contributed by atoms with Gasteiger partial charge in [0, 0.05) is 12.6 Å². The predicted octanol–water partition coefficient (Wildman–Crippen LogP) is 2.07. The number of carboxylic acids is 1. The first-order valence-electron chi connectivity index (χ1n) is 6.57. The Morgan fingerprint density at radius 1 is 1.44 bits per heavy atom. The van der Waals surface area contributed by atoms with Gasteiger partial charge in [0.05, 0.1) is 0 Å². The van der Waals surface area contributed by atoms with Crippen molar-refractivity contribution in [2.24, 2.45) is 5.41 Å². The van der Waals surface area contributed by atoms with Crippen molar-refractivity contribution in [3.63, 3.8) is 0 Å². The zero-order valence-corrected chi connectivity index (χ0v) is 11.7. The summed E-state index contributed by atoms with van der Waals surface area (Å²) in [7, 11) is 0. The molecule has 0 aliphatic carbocycles. The molecule has 0 bridgehead atoms. The van der Waals surface area contributed by atoms with Gasteiger partial charge in [0.25, 0.3) is 0 Å². The second kappa shape index (κ2) is 5.59. The fraction of sp³-hybridized carbons (Fsp3) is 0.846. The van der Waals surface area contributed by atoms with Crippen molar-refractivity contribution >= 4 is 12.0 Å². The molecule has 2 unspecified atom stereocenters. The molecule has 1 aliphatic rings. The number of hydrogen-bond acceptors (Lipinski definition) is 2. The van der Waals surface area contributed by atoms with Crippen molar-refractivity contribution in [2.75, 3.05) is 6.54 Å². The molecular weight excluding hydrogens is 232 g/mol. The van der Waals surface area contributed by atoms with E-state index in [0.717, 1.165) is 25.8 Å². The Balaban J connectivity index is 2.70. The SMILES string of the molecule is CCC1CCCN1C(=O)NC(C(=O)O)C(C)(C)C. The highest BCUT2D eigenvalue weighted by Crippen LogP contribution is 2.23. The van der Waals surface area contributed by atoms with Gasteiger partial charge in [-0.1, -0.05) is 27.7 Å². The van der Waals surface area contributed by atoms with Gasteiger partial charge in [0.1, 0.15) is 6.04 Å². The molecule has 0 aromatic heterocycles. The lowest BCUT2D eigenvalue weighted by Gasteiger charge is -2.31. The van der Waals surface area contributed by atoms with Crippen LogP contribution in [0.1, 0.15) is 47.0 Å². The number of hydrogen-bond donors (Lipinski definition) is 2. The molecule has 1 aliphatic heterocycles. The van der Waals surface area contributed by atoms with E-state index in [9.17, 15) is 14.7 Å². The van der Waals surface area contributed by atoms with Crippen LogP contribution in [0, 0.1) is 5.41 Å². The lowest BCUT2D eigenvalue weighted by Crippen LogP contribution is -2.54. The highest BCUT2D eigenvalue weighted by molar-refractivity contribution is 5.83. The Labute approximate surface area is 109 Å². The average Bonchev–Trinajstić information content (AvgIpc) is 2.71. The molecule has 5 heteroatoms. The van der Waals surface area contributed by atoms with Crippen molar-refractivity contribution in [3.8, 4) is 0 Å². The Morgan fingerprint density at radius 3 is 2.50 bits per heavy atom. The molecule has 1 saturated heterocycles. The fourth-order valence-electron chi connectivity index (χ4n) is 2.38. The number of amides is 2. The minimum Gasteiger partial charge on any atom is -0.480 e. The Bertz CT molecular complexity index is 323. The normalized spacial score (nSPS) is 21.8. The van der Waals surface area contributed by atoms with Crippen molar-refractivity contribution in [1.29, 1.82) is 0 Å². The second-order valence-electron chi connectivity index (χ2n) is 5.98. The smallest absolute Gasteiger partial charge is 0.326 e. The predicted molar refractivity (Wildman–Crippen MR) is 69.4 cm³/mol. The number of carbonyl (C=O) groups excluding carboxylic acids is 1. The maximum absolute atomic E-state index is 12.1. The molecule has 1 fully saturated rings. The van der Waals surface area contributed by atoms with Crippen molar-refractivity contribution in [2.45, 2.75) is 59.0 Å². The van der Waals surface area contributed by atoms with E-state index in [1.54, 1.807) is 4.90 Å². The van der Waals surface area contributed by atoms with Crippen LogP contribution in [-0.2, 0) is 4.79 Å². The molecule has 2 amide bonds. The molecule has 0 aromatic rings. The highest BCUT2D eigenvalue weighted by Gasteiger charge is 2.35. The van der Waals surface area contributed by atoms with Gasteiger partial charge in [-0.05, 0) is 24.7 Å². The topological polar surface area (TPSA) is 69.6 Å². The van der Waals surface area contributed by atoms with Gasteiger partial charge in [0.2, 0.25) is 0 Å². The summed E-state index contributed by atoms with van der Waals surface area (Å²) in [5.74, 6) is -0.983. The molecule has 0 saturated carbocycles.